The van der Waals surface area contributed by atoms with Crippen LogP contribution < -0.4 is 5.48 Å². The molecule has 0 radical (unpaired) electrons. The second-order valence-electron chi connectivity index (χ2n) is 1.62. The predicted octanol–water partition coefficient (Wildman–Crippen LogP) is -0.518. The van der Waals surface area contributed by atoms with Gasteiger partial charge in [0.2, 0.25) is 0 Å². The van der Waals surface area contributed by atoms with E-state index in [1.807, 2.05) is 0 Å². The zero-order valence-electron chi connectivity index (χ0n) is 5.99. The van der Waals surface area contributed by atoms with E-state index in [9.17, 15) is 9.59 Å². The maximum absolute atomic E-state index is 10.6. The van der Waals surface area contributed by atoms with E-state index in [4.69, 9.17) is 5.11 Å². The molecule has 0 fully saturated rings. The Hall–Kier alpha value is -0.750. The number of thioether (sulfide) groups is 1. The largest absolute Gasteiger partial charge is 0.481 e. The number of carboxylic acids is 1. The Balaban J connectivity index is 3.24. The highest BCUT2D eigenvalue weighted by molar-refractivity contribution is 8.00. The zero-order chi connectivity index (χ0) is 8.69. The highest BCUT2D eigenvalue weighted by Crippen LogP contribution is 1.97. The van der Waals surface area contributed by atoms with E-state index < -0.39 is 5.97 Å². The maximum Gasteiger partial charge on any atom is 0.313 e. The van der Waals surface area contributed by atoms with Crippen molar-refractivity contribution in [1.29, 1.82) is 0 Å². The monoisotopic (exact) mass is 179 g/mol. The summed E-state index contributed by atoms with van der Waals surface area (Å²) in [6.07, 6.45) is 0. The van der Waals surface area contributed by atoms with Gasteiger partial charge in [-0.3, -0.25) is 14.4 Å². The Morgan fingerprint density at radius 3 is 2.64 bits per heavy atom. The van der Waals surface area contributed by atoms with E-state index >= 15 is 0 Å². The van der Waals surface area contributed by atoms with Gasteiger partial charge in [0.05, 0.1) is 18.6 Å². The van der Waals surface area contributed by atoms with Crippen LogP contribution in [0.4, 0.5) is 0 Å². The molecule has 0 unspecified atom stereocenters. The average molecular weight is 179 g/mol. The van der Waals surface area contributed by atoms with Gasteiger partial charge in [0.1, 0.15) is 0 Å². The van der Waals surface area contributed by atoms with Gasteiger partial charge in [-0.2, -0.15) is 0 Å². The van der Waals surface area contributed by atoms with E-state index in [1.54, 1.807) is 0 Å². The van der Waals surface area contributed by atoms with Gasteiger partial charge in [0, 0.05) is 0 Å². The predicted molar refractivity (Wildman–Crippen MR) is 40.1 cm³/mol. The standard InChI is InChI=1S/C5H9NO4S/c1-10-6-4(7)2-11-3-5(8)9/h2-3H2,1H3,(H,6,7)(H,8,9). The summed E-state index contributed by atoms with van der Waals surface area (Å²) in [7, 11) is 1.32. The lowest BCUT2D eigenvalue weighted by atomic mass is 10.8. The highest BCUT2D eigenvalue weighted by atomic mass is 32.2. The van der Waals surface area contributed by atoms with Crippen molar-refractivity contribution in [1.82, 2.24) is 5.48 Å². The molecule has 0 aromatic rings. The van der Waals surface area contributed by atoms with Crippen LogP contribution in [0.1, 0.15) is 0 Å². The number of hydroxylamine groups is 1. The first-order valence-electron chi connectivity index (χ1n) is 2.78. The number of carbonyl (C=O) groups is 2. The number of nitrogens with one attached hydrogen (secondary N) is 1. The number of aliphatic carboxylic acids is 1. The Kier molecular flexibility index (Phi) is 5.58. The second-order valence-corrected chi connectivity index (χ2v) is 2.60. The molecule has 0 rings (SSSR count). The van der Waals surface area contributed by atoms with Gasteiger partial charge < -0.3 is 5.11 Å². The van der Waals surface area contributed by atoms with Crippen LogP contribution in [0.3, 0.4) is 0 Å². The molecule has 0 aliphatic rings. The molecule has 5 nitrogen and oxygen atoms in total. The fourth-order valence-corrected chi connectivity index (χ4v) is 0.895. The minimum Gasteiger partial charge on any atom is -0.481 e. The normalized spacial score (nSPS) is 9.18. The van der Waals surface area contributed by atoms with Crippen molar-refractivity contribution in [2.24, 2.45) is 0 Å². The van der Waals surface area contributed by atoms with Crippen LogP contribution in [0.2, 0.25) is 0 Å². The minimum atomic E-state index is -0.930. The van der Waals surface area contributed by atoms with E-state index in [0.29, 0.717) is 0 Å². The first kappa shape index (κ1) is 10.2. The molecule has 2 N–H and O–H groups in total. The molecule has 0 saturated carbocycles. The second kappa shape index (κ2) is 5.99. The lowest BCUT2D eigenvalue weighted by molar-refractivity contribution is -0.133. The molecular weight excluding hydrogens is 170 g/mol. The number of amides is 1. The van der Waals surface area contributed by atoms with Crippen molar-refractivity contribution < 1.29 is 19.5 Å². The van der Waals surface area contributed by atoms with Crippen LogP contribution in [-0.2, 0) is 14.4 Å². The van der Waals surface area contributed by atoms with Crippen LogP contribution >= 0.6 is 11.8 Å². The van der Waals surface area contributed by atoms with Crippen LogP contribution in [0.15, 0.2) is 0 Å². The minimum absolute atomic E-state index is 0.0723. The van der Waals surface area contributed by atoms with Crippen LogP contribution in [0, 0.1) is 0 Å². The highest BCUT2D eigenvalue weighted by Gasteiger charge is 2.02. The van der Waals surface area contributed by atoms with Crippen molar-refractivity contribution in [2.45, 2.75) is 0 Å². The lowest BCUT2D eigenvalue weighted by Gasteiger charge is -1.98. The van der Waals surface area contributed by atoms with Gasteiger partial charge in [-0.15, -0.1) is 11.8 Å². The van der Waals surface area contributed by atoms with E-state index in [2.05, 4.69) is 10.3 Å². The van der Waals surface area contributed by atoms with Gasteiger partial charge in [0.15, 0.2) is 0 Å². The Labute approximate surface area is 68.1 Å². The van der Waals surface area contributed by atoms with Crippen LogP contribution in [-0.4, -0.2) is 35.6 Å². The third-order valence-electron chi connectivity index (χ3n) is 0.675. The van der Waals surface area contributed by atoms with Gasteiger partial charge in [-0.25, -0.2) is 5.48 Å². The molecule has 0 aliphatic heterocycles. The molecule has 0 spiro atoms. The summed E-state index contributed by atoms with van der Waals surface area (Å²) in [5.74, 6) is -1.24. The van der Waals surface area contributed by atoms with Gasteiger partial charge in [-0.05, 0) is 0 Å². The van der Waals surface area contributed by atoms with E-state index in [1.165, 1.54) is 7.11 Å². The Bertz CT molecular complexity index is 149. The number of carboxylic acid groups (broad SMARTS) is 1. The summed E-state index contributed by atoms with van der Waals surface area (Å²) < 4.78 is 0. The number of rotatable bonds is 5. The molecule has 0 saturated heterocycles. The molecule has 0 aliphatic carbocycles. The van der Waals surface area contributed by atoms with Crippen molar-refractivity contribution in [3.05, 3.63) is 0 Å². The molecule has 64 valence electrons. The Morgan fingerprint density at radius 2 is 2.18 bits per heavy atom. The molecule has 0 aromatic heterocycles. The fraction of sp³-hybridized carbons (Fsp3) is 0.600. The summed E-state index contributed by atoms with van der Waals surface area (Å²) in [6.45, 7) is 0. The van der Waals surface area contributed by atoms with Crippen molar-refractivity contribution in [3.63, 3.8) is 0 Å². The molecule has 0 heterocycles. The zero-order valence-corrected chi connectivity index (χ0v) is 6.81. The molecule has 0 bridgehead atoms. The number of hydrogen-bond donors (Lipinski definition) is 2. The SMILES string of the molecule is CONC(=O)CSCC(=O)O. The van der Waals surface area contributed by atoms with Crippen LogP contribution in [0.25, 0.3) is 0 Å². The summed E-state index contributed by atoms with van der Waals surface area (Å²) in [5.41, 5.74) is 2.07. The quantitative estimate of drug-likeness (QED) is 0.555. The summed E-state index contributed by atoms with van der Waals surface area (Å²) in [6, 6.07) is 0. The maximum atomic E-state index is 10.6. The van der Waals surface area contributed by atoms with Crippen molar-refractivity contribution in [3.8, 4) is 0 Å². The molecule has 6 heteroatoms. The van der Waals surface area contributed by atoms with E-state index in [0.717, 1.165) is 11.8 Å². The molecule has 11 heavy (non-hydrogen) atoms. The van der Waals surface area contributed by atoms with Crippen molar-refractivity contribution >= 4 is 23.6 Å². The van der Waals surface area contributed by atoms with Crippen molar-refractivity contribution in [2.75, 3.05) is 18.6 Å². The summed E-state index contributed by atoms with van der Waals surface area (Å²) in [5, 5.41) is 8.17. The Morgan fingerprint density at radius 1 is 1.55 bits per heavy atom. The third-order valence-corrected chi connectivity index (χ3v) is 1.59. The first-order chi connectivity index (χ1) is 5.16. The smallest absolute Gasteiger partial charge is 0.313 e. The summed E-state index contributed by atoms with van der Waals surface area (Å²) >= 11 is 1.02. The van der Waals surface area contributed by atoms with Gasteiger partial charge >= 0.3 is 5.97 Å². The first-order valence-corrected chi connectivity index (χ1v) is 3.93. The molecule has 1 amide bonds. The topological polar surface area (TPSA) is 75.6 Å². The summed E-state index contributed by atoms with van der Waals surface area (Å²) in [4.78, 5) is 24.8. The third kappa shape index (κ3) is 7.14. The number of carbonyl (C=O) groups excluding carboxylic acids is 1. The van der Waals surface area contributed by atoms with Gasteiger partial charge in [0.25, 0.3) is 5.91 Å². The number of hydrogen-bond acceptors (Lipinski definition) is 4. The average Bonchev–Trinajstić information content (AvgIpc) is 1.87. The molecular formula is C5H9NO4S. The van der Waals surface area contributed by atoms with E-state index in [-0.39, 0.29) is 17.4 Å². The van der Waals surface area contributed by atoms with Gasteiger partial charge in [-0.1, -0.05) is 0 Å². The lowest BCUT2D eigenvalue weighted by Crippen LogP contribution is -2.24. The fourth-order valence-electron chi connectivity index (χ4n) is 0.374. The van der Waals surface area contributed by atoms with Crippen LogP contribution in [0.5, 0.6) is 0 Å². The molecule has 0 atom stereocenters. The molecule has 0 aromatic carbocycles.